The van der Waals surface area contributed by atoms with Gasteiger partial charge in [0.2, 0.25) is 0 Å². The fourth-order valence-corrected chi connectivity index (χ4v) is 2.88. The van der Waals surface area contributed by atoms with Crippen LogP contribution in [0, 0.1) is 0 Å². The highest BCUT2D eigenvalue weighted by Crippen LogP contribution is 2.19. The van der Waals surface area contributed by atoms with Crippen molar-refractivity contribution >= 4 is 23.4 Å². The van der Waals surface area contributed by atoms with Gasteiger partial charge in [-0.3, -0.25) is 4.68 Å². The van der Waals surface area contributed by atoms with Crippen molar-refractivity contribution in [1.82, 2.24) is 15.1 Å². The first-order valence-electron chi connectivity index (χ1n) is 4.75. The number of nitrogens with one attached hydrogen (secondary N) is 1. The lowest BCUT2D eigenvalue weighted by Gasteiger charge is -2.09. The van der Waals surface area contributed by atoms with E-state index in [2.05, 4.69) is 10.4 Å². The summed E-state index contributed by atoms with van der Waals surface area (Å²) < 4.78 is 1.70. The minimum Gasteiger partial charge on any atom is -0.309 e. The van der Waals surface area contributed by atoms with Crippen LogP contribution in [-0.4, -0.2) is 27.3 Å². The van der Waals surface area contributed by atoms with Gasteiger partial charge in [0.25, 0.3) is 0 Å². The molecule has 0 aliphatic carbocycles. The Morgan fingerprint density at radius 3 is 3.21 bits per heavy atom. The lowest BCUT2D eigenvalue weighted by molar-refractivity contribution is 0.558. The molecule has 1 aliphatic rings. The Labute approximate surface area is 93.2 Å². The molecule has 2 heterocycles. The van der Waals surface area contributed by atoms with Crippen LogP contribution < -0.4 is 5.32 Å². The Bertz CT molecular complexity index is 307. The van der Waals surface area contributed by atoms with Crippen molar-refractivity contribution in [2.45, 2.75) is 19.0 Å². The largest absolute Gasteiger partial charge is 0.309 e. The maximum absolute atomic E-state index is 6.05. The summed E-state index contributed by atoms with van der Waals surface area (Å²) in [7, 11) is 1.86. The van der Waals surface area contributed by atoms with Crippen molar-refractivity contribution in [2.75, 3.05) is 11.5 Å². The molecule has 0 spiro atoms. The van der Waals surface area contributed by atoms with E-state index < -0.39 is 0 Å². The summed E-state index contributed by atoms with van der Waals surface area (Å²) in [5, 5.41) is 8.33. The number of aromatic nitrogens is 2. The molecule has 3 nitrogen and oxygen atoms in total. The van der Waals surface area contributed by atoms with Crippen LogP contribution >= 0.6 is 23.4 Å². The van der Waals surface area contributed by atoms with Gasteiger partial charge in [0.15, 0.2) is 0 Å². The Kier molecular flexibility index (Phi) is 3.36. The van der Waals surface area contributed by atoms with Crippen molar-refractivity contribution in [3.63, 3.8) is 0 Å². The van der Waals surface area contributed by atoms with E-state index in [1.165, 1.54) is 17.9 Å². The van der Waals surface area contributed by atoms with E-state index in [0.29, 0.717) is 6.04 Å². The van der Waals surface area contributed by atoms with E-state index in [4.69, 9.17) is 11.6 Å². The molecule has 1 fully saturated rings. The number of halogens is 1. The summed E-state index contributed by atoms with van der Waals surface area (Å²) in [4.78, 5) is 0. The minimum atomic E-state index is 0.649. The zero-order chi connectivity index (χ0) is 9.97. The topological polar surface area (TPSA) is 29.9 Å². The number of hydrogen-bond acceptors (Lipinski definition) is 3. The molecule has 1 aromatic heterocycles. The van der Waals surface area contributed by atoms with Crippen LogP contribution in [0.3, 0.4) is 0 Å². The quantitative estimate of drug-likeness (QED) is 0.859. The normalized spacial score (nSPS) is 21.7. The molecule has 1 aliphatic heterocycles. The van der Waals surface area contributed by atoms with Crippen LogP contribution in [0.15, 0.2) is 6.20 Å². The Balaban J connectivity index is 1.88. The number of nitrogens with zero attached hydrogens (tertiary/aromatic N) is 2. The van der Waals surface area contributed by atoms with Gasteiger partial charge in [-0.1, -0.05) is 11.6 Å². The van der Waals surface area contributed by atoms with Crippen molar-refractivity contribution in [2.24, 2.45) is 7.05 Å². The monoisotopic (exact) mass is 231 g/mol. The van der Waals surface area contributed by atoms with E-state index in [9.17, 15) is 0 Å². The van der Waals surface area contributed by atoms with Gasteiger partial charge in [-0.25, -0.2) is 0 Å². The highest BCUT2D eigenvalue weighted by Gasteiger charge is 2.15. The second kappa shape index (κ2) is 4.55. The zero-order valence-electron chi connectivity index (χ0n) is 8.16. The van der Waals surface area contributed by atoms with Crippen molar-refractivity contribution < 1.29 is 0 Å². The molecule has 1 N–H and O–H groups in total. The second-order valence-corrected chi connectivity index (χ2v) is 5.03. The average Bonchev–Trinajstić information content (AvgIpc) is 2.77. The minimum absolute atomic E-state index is 0.649. The molecule has 14 heavy (non-hydrogen) atoms. The maximum atomic E-state index is 6.05. The Morgan fingerprint density at radius 1 is 1.79 bits per heavy atom. The predicted octanol–water partition coefficient (Wildman–Crippen LogP) is 1.67. The molecule has 1 saturated heterocycles. The summed E-state index contributed by atoms with van der Waals surface area (Å²) in [6, 6.07) is 0.649. The fourth-order valence-electron chi connectivity index (χ4n) is 1.54. The number of aryl methyl sites for hydroxylation is 1. The summed E-state index contributed by atoms with van der Waals surface area (Å²) >= 11 is 8.06. The number of hydrogen-bond donors (Lipinski definition) is 1. The molecule has 1 atom stereocenters. The van der Waals surface area contributed by atoms with Crippen molar-refractivity contribution in [1.29, 1.82) is 0 Å². The van der Waals surface area contributed by atoms with Crippen LogP contribution in [0.4, 0.5) is 0 Å². The zero-order valence-corrected chi connectivity index (χ0v) is 9.74. The van der Waals surface area contributed by atoms with Crippen LogP contribution in [-0.2, 0) is 13.6 Å². The summed E-state index contributed by atoms with van der Waals surface area (Å²) in [6.45, 7) is 0.831. The predicted molar refractivity (Wildman–Crippen MR) is 60.8 cm³/mol. The molecule has 0 bridgehead atoms. The van der Waals surface area contributed by atoms with Gasteiger partial charge in [0, 0.05) is 31.0 Å². The first-order valence-corrected chi connectivity index (χ1v) is 6.28. The number of rotatable bonds is 3. The summed E-state index contributed by atoms with van der Waals surface area (Å²) in [5.74, 6) is 2.50. The smallest absolute Gasteiger partial charge is 0.131 e. The molecular weight excluding hydrogens is 218 g/mol. The molecule has 0 radical (unpaired) electrons. The Hall–Kier alpha value is -0.190. The second-order valence-electron chi connectivity index (χ2n) is 3.53. The van der Waals surface area contributed by atoms with Gasteiger partial charge in [-0.2, -0.15) is 16.9 Å². The van der Waals surface area contributed by atoms with Crippen molar-refractivity contribution in [3.05, 3.63) is 16.9 Å². The molecule has 2 rings (SSSR count). The lowest BCUT2D eigenvalue weighted by Crippen LogP contribution is -2.27. The lowest BCUT2D eigenvalue weighted by atomic mass is 10.2. The van der Waals surface area contributed by atoms with Crippen LogP contribution in [0.25, 0.3) is 0 Å². The highest BCUT2D eigenvalue weighted by atomic mass is 35.5. The molecule has 1 aromatic rings. The Morgan fingerprint density at radius 2 is 2.64 bits per heavy atom. The van der Waals surface area contributed by atoms with Gasteiger partial charge in [0.05, 0.1) is 6.20 Å². The van der Waals surface area contributed by atoms with Crippen molar-refractivity contribution in [3.8, 4) is 0 Å². The van der Waals surface area contributed by atoms with E-state index in [-0.39, 0.29) is 0 Å². The van der Waals surface area contributed by atoms with Crippen LogP contribution in [0.5, 0.6) is 0 Å². The van der Waals surface area contributed by atoms with E-state index in [0.717, 1.165) is 17.3 Å². The third kappa shape index (κ3) is 2.24. The summed E-state index contributed by atoms with van der Waals surface area (Å²) in [5.41, 5.74) is 1.09. The molecule has 0 amide bonds. The molecular formula is C9H14ClN3S. The van der Waals surface area contributed by atoms with Crippen LogP contribution in [0.1, 0.15) is 12.0 Å². The molecule has 78 valence electrons. The SMILES string of the molecule is Cn1ncc(CNC2CCSC2)c1Cl. The van der Waals surface area contributed by atoms with E-state index in [1.807, 2.05) is 25.0 Å². The molecule has 0 saturated carbocycles. The summed E-state index contributed by atoms with van der Waals surface area (Å²) in [6.07, 6.45) is 3.10. The highest BCUT2D eigenvalue weighted by molar-refractivity contribution is 7.99. The number of thioether (sulfide) groups is 1. The van der Waals surface area contributed by atoms with Gasteiger partial charge in [-0.05, 0) is 12.2 Å². The third-order valence-corrected chi connectivity index (χ3v) is 4.10. The third-order valence-electron chi connectivity index (χ3n) is 2.45. The first kappa shape index (κ1) is 10.3. The van der Waals surface area contributed by atoms with Crippen LogP contribution in [0.2, 0.25) is 5.15 Å². The molecule has 1 unspecified atom stereocenters. The standard InChI is InChI=1S/C9H14ClN3S/c1-13-9(10)7(5-12-13)4-11-8-2-3-14-6-8/h5,8,11H,2-4,6H2,1H3. The van der Waals surface area contributed by atoms with E-state index in [1.54, 1.807) is 4.68 Å². The molecule has 0 aromatic carbocycles. The molecule has 5 heteroatoms. The van der Waals surface area contributed by atoms with Gasteiger partial charge in [0.1, 0.15) is 5.15 Å². The van der Waals surface area contributed by atoms with Gasteiger partial charge >= 0.3 is 0 Å². The maximum Gasteiger partial charge on any atom is 0.131 e. The van der Waals surface area contributed by atoms with Gasteiger partial charge in [-0.15, -0.1) is 0 Å². The van der Waals surface area contributed by atoms with Gasteiger partial charge < -0.3 is 5.32 Å². The van der Waals surface area contributed by atoms with E-state index >= 15 is 0 Å². The fraction of sp³-hybridized carbons (Fsp3) is 0.667. The average molecular weight is 232 g/mol. The first-order chi connectivity index (χ1) is 6.77.